The molecule has 0 saturated carbocycles. The first kappa shape index (κ1) is 24.4. The van der Waals surface area contributed by atoms with Gasteiger partial charge in [-0.25, -0.2) is 0 Å². The monoisotopic (exact) mass is 512 g/mol. The van der Waals surface area contributed by atoms with E-state index in [2.05, 4.69) is 36.0 Å². The van der Waals surface area contributed by atoms with Crippen LogP contribution in [0.25, 0.3) is 0 Å². The van der Waals surface area contributed by atoms with E-state index in [4.69, 9.17) is 4.74 Å². The number of aliphatic imine (C=N–C) groups is 2. The van der Waals surface area contributed by atoms with Crippen molar-refractivity contribution in [2.75, 3.05) is 0 Å². The molecule has 1 aliphatic rings. The first-order valence-electron chi connectivity index (χ1n) is 11.0. The van der Waals surface area contributed by atoms with Crippen molar-refractivity contribution in [3.8, 4) is 23.0 Å². The van der Waals surface area contributed by atoms with E-state index in [1.807, 2.05) is 36.4 Å². The van der Waals surface area contributed by atoms with Crippen LogP contribution >= 0.6 is 0 Å². The normalized spacial score (nSPS) is 13.7. The number of benzene rings is 4. The summed E-state index contributed by atoms with van der Waals surface area (Å²) in [6, 6.07) is 25.9. The number of hydrogen-bond donors (Lipinski definition) is 2. The van der Waals surface area contributed by atoms with Crippen molar-refractivity contribution in [1.29, 1.82) is 0 Å². The van der Waals surface area contributed by atoms with Gasteiger partial charge in [0.15, 0.2) is 11.5 Å². The number of aromatic hydroxyl groups is 2. The van der Waals surface area contributed by atoms with Gasteiger partial charge in [0.25, 0.3) is 0 Å². The van der Waals surface area contributed by atoms with E-state index < -0.39 is 0 Å². The van der Waals surface area contributed by atoms with Crippen LogP contribution in [0.1, 0.15) is 36.1 Å². The van der Waals surface area contributed by atoms with E-state index >= 15 is 0 Å². The molecule has 5 rings (SSSR count). The summed E-state index contributed by atoms with van der Waals surface area (Å²) in [5.41, 5.74) is 4.29. The van der Waals surface area contributed by atoms with Crippen LogP contribution in [0, 0.1) is 0 Å². The number of fused-ring (bicyclic) bond motifs is 2. The fourth-order valence-corrected chi connectivity index (χ4v) is 4.17. The molecule has 0 unspecified atom stereocenters. The Bertz CT molecular complexity index is 1340. The Labute approximate surface area is 217 Å². The summed E-state index contributed by atoms with van der Waals surface area (Å²) in [4.78, 5) is 9.28. The molecule has 170 valence electrons. The molecule has 5 nitrogen and oxygen atoms in total. The summed E-state index contributed by atoms with van der Waals surface area (Å²) >= 11 is 0. The van der Waals surface area contributed by atoms with E-state index in [9.17, 15) is 10.2 Å². The Morgan fingerprint density at radius 3 is 1.49 bits per heavy atom. The third-order valence-electron chi connectivity index (χ3n) is 6.10. The molecule has 0 aliphatic carbocycles. The van der Waals surface area contributed by atoms with Crippen LogP contribution < -0.4 is 4.74 Å². The van der Waals surface area contributed by atoms with Crippen molar-refractivity contribution in [3.63, 3.8) is 0 Å². The molecule has 4 aromatic carbocycles. The van der Waals surface area contributed by atoms with Gasteiger partial charge >= 0.3 is 0 Å². The average molecular weight is 514 g/mol. The fraction of sp³-hybridized carbons (Fsp3) is 0.103. The molecular formula is C29H24N2O3Zn. The van der Waals surface area contributed by atoms with Crippen LogP contribution in [-0.4, -0.2) is 22.6 Å². The van der Waals surface area contributed by atoms with E-state index in [1.165, 1.54) is 0 Å². The second-order valence-electron chi connectivity index (χ2n) is 8.67. The number of nitrogens with zero attached hydrogens (tertiary/aromatic N) is 2. The maximum atomic E-state index is 10.1. The second kappa shape index (κ2) is 9.85. The SMILES string of the molecule is CC1(C)c2cccc(N=Cc3ccccc3O)c2Oc2c(N=Cc3ccccc3O)cccc21.[Zn]. The van der Waals surface area contributed by atoms with Crippen molar-refractivity contribution >= 4 is 23.8 Å². The van der Waals surface area contributed by atoms with E-state index in [0.29, 0.717) is 34.0 Å². The first-order chi connectivity index (χ1) is 16.4. The van der Waals surface area contributed by atoms with Gasteiger partial charge in [0.05, 0.1) is 0 Å². The van der Waals surface area contributed by atoms with Crippen molar-refractivity contribution in [2.45, 2.75) is 19.3 Å². The number of phenols is 2. The zero-order valence-electron chi connectivity index (χ0n) is 19.6. The fourth-order valence-electron chi connectivity index (χ4n) is 4.17. The summed E-state index contributed by atoms with van der Waals surface area (Å²) < 4.78 is 6.46. The molecule has 1 aliphatic heterocycles. The van der Waals surface area contributed by atoms with Gasteiger partial charge in [0.1, 0.15) is 22.9 Å². The molecule has 0 spiro atoms. The Kier molecular flexibility index (Phi) is 6.86. The summed E-state index contributed by atoms with van der Waals surface area (Å²) in [5.74, 6) is 1.67. The van der Waals surface area contributed by atoms with E-state index in [1.54, 1.807) is 48.8 Å². The van der Waals surface area contributed by atoms with Gasteiger partial charge < -0.3 is 14.9 Å². The van der Waals surface area contributed by atoms with Gasteiger partial charge in [-0.1, -0.05) is 62.4 Å². The van der Waals surface area contributed by atoms with Crippen LogP contribution in [0.15, 0.2) is 94.9 Å². The standard InChI is InChI=1S/C29H24N2O3.Zn/c1-29(2)21-11-7-13-23(30-17-19-9-3-5-15-25(19)32)27(21)34-28-22(29)12-8-14-24(28)31-18-20-10-4-6-16-26(20)33;/h3-18,32-33H,1-2H3;. The maximum absolute atomic E-state index is 10.1. The number of rotatable bonds is 4. The number of hydrogen-bond acceptors (Lipinski definition) is 5. The molecule has 0 atom stereocenters. The van der Waals surface area contributed by atoms with E-state index in [0.717, 1.165) is 11.1 Å². The molecule has 0 saturated heterocycles. The molecule has 4 aromatic rings. The molecule has 6 heteroatoms. The van der Waals surface area contributed by atoms with Crippen molar-refractivity contribution in [3.05, 3.63) is 107 Å². The Morgan fingerprint density at radius 1 is 0.629 bits per heavy atom. The minimum Gasteiger partial charge on any atom is -0.507 e. The van der Waals surface area contributed by atoms with Crippen molar-refractivity contribution < 1.29 is 34.4 Å². The van der Waals surface area contributed by atoms with Crippen molar-refractivity contribution in [1.82, 2.24) is 0 Å². The zero-order chi connectivity index (χ0) is 23.7. The molecule has 35 heavy (non-hydrogen) atoms. The molecule has 0 radical (unpaired) electrons. The Hall–Kier alpha value is -3.76. The second-order valence-corrected chi connectivity index (χ2v) is 8.67. The smallest absolute Gasteiger partial charge is 0.157 e. The average Bonchev–Trinajstić information content (AvgIpc) is 2.83. The Morgan fingerprint density at radius 2 is 1.06 bits per heavy atom. The summed E-state index contributed by atoms with van der Waals surface area (Å²) in [5, 5.41) is 20.2. The van der Waals surface area contributed by atoms with Crippen LogP contribution in [0.3, 0.4) is 0 Å². The number of para-hydroxylation sites is 4. The number of phenolic OH excluding ortho intramolecular Hbond substituents is 2. The molecule has 0 fully saturated rings. The third kappa shape index (κ3) is 4.62. The zero-order valence-corrected chi connectivity index (χ0v) is 22.6. The van der Waals surface area contributed by atoms with Crippen LogP contribution in [0.5, 0.6) is 23.0 Å². The first-order valence-corrected chi connectivity index (χ1v) is 11.0. The predicted octanol–water partition coefficient (Wildman–Crippen LogP) is 7.03. The Balaban J connectivity index is 0.00000289. The minimum atomic E-state index is -0.344. The molecule has 2 N–H and O–H groups in total. The van der Waals surface area contributed by atoms with E-state index in [-0.39, 0.29) is 36.4 Å². The van der Waals surface area contributed by atoms with Gasteiger partial charge in [-0.05, 0) is 36.4 Å². The summed E-state index contributed by atoms with van der Waals surface area (Å²) in [6.45, 7) is 4.31. The molecule has 0 amide bonds. The van der Waals surface area contributed by atoms with Gasteiger partial charge in [0, 0.05) is 59.6 Å². The van der Waals surface area contributed by atoms with Crippen LogP contribution in [-0.2, 0) is 24.9 Å². The van der Waals surface area contributed by atoms with Gasteiger partial charge in [0.2, 0.25) is 0 Å². The number of ether oxygens (including phenoxy) is 1. The maximum Gasteiger partial charge on any atom is 0.157 e. The molecular weight excluding hydrogens is 490 g/mol. The van der Waals surface area contributed by atoms with Gasteiger partial charge in [-0.3, -0.25) is 9.98 Å². The molecule has 0 bridgehead atoms. The molecule has 0 aromatic heterocycles. The summed E-state index contributed by atoms with van der Waals surface area (Å²) in [6.07, 6.45) is 3.28. The van der Waals surface area contributed by atoms with Crippen molar-refractivity contribution in [2.24, 2.45) is 9.98 Å². The third-order valence-corrected chi connectivity index (χ3v) is 6.10. The minimum absolute atomic E-state index is 0. The van der Waals surface area contributed by atoms with Gasteiger partial charge in [-0.2, -0.15) is 0 Å². The molecule has 1 heterocycles. The topological polar surface area (TPSA) is 74.4 Å². The largest absolute Gasteiger partial charge is 0.507 e. The van der Waals surface area contributed by atoms with Crippen LogP contribution in [0.4, 0.5) is 11.4 Å². The van der Waals surface area contributed by atoms with Crippen LogP contribution in [0.2, 0.25) is 0 Å². The predicted molar refractivity (Wildman–Crippen MR) is 136 cm³/mol. The van der Waals surface area contributed by atoms with Gasteiger partial charge in [-0.15, -0.1) is 0 Å². The quantitative estimate of drug-likeness (QED) is 0.227. The summed E-state index contributed by atoms with van der Waals surface area (Å²) in [7, 11) is 0.